The second-order valence-electron chi connectivity index (χ2n) is 5.60. The van der Waals surface area contributed by atoms with Crippen molar-refractivity contribution in [3.8, 4) is 0 Å². The van der Waals surface area contributed by atoms with Gasteiger partial charge in [0.2, 0.25) is 0 Å². The summed E-state index contributed by atoms with van der Waals surface area (Å²) in [5.74, 6) is -0.679. The molecule has 0 spiro atoms. The Morgan fingerprint density at radius 3 is 2.59 bits per heavy atom. The number of nitrogens with one attached hydrogen (secondary N) is 1. The van der Waals surface area contributed by atoms with E-state index in [1.807, 2.05) is 0 Å². The number of hydrogen-bond acceptors (Lipinski definition) is 4. The highest BCUT2D eigenvalue weighted by atomic mass is 35.5. The molecule has 1 atom stereocenters. The van der Waals surface area contributed by atoms with E-state index in [0.717, 1.165) is 25.7 Å². The van der Waals surface area contributed by atoms with E-state index < -0.39 is 12.0 Å². The molecule has 1 aromatic rings. The van der Waals surface area contributed by atoms with Crippen molar-refractivity contribution in [2.75, 3.05) is 12.8 Å². The lowest BCUT2D eigenvalue weighted by Crippen LogP contribution is -2.47. The number of ether oxygens (including phenoxy) is 1. The number of benzene rings is 1. The van der Waals surface area contributed by atoms with Gasteiger partial charge >= 0.3 is 5.97 Å². The predicted molar refractivity (Wildman–Crippen MR) is 85.7 cm³/mol. The Bertz CT molecular complexity index is 556. The van der Waals surface area contributed by atoms with E-state index in [-0.39, 0.29) is 17.5 Å². The zero-order chi connectivity index (χ0) is 16.1. The molecule has 0 aromatic heterocycles. The lowest BCUT2D eigenvalue weighted by molar-refractivity contribution is -0.144. The monoisotopic (exact) mass is 324 g/mol. The maximum atomic E-state index is 12.4. The second kappa shape index (κ2) is 7.49. The third kappa shape index (κ3) is 3.91. The van der Waals surface area contributed by atoms with Gasteiger partial charge in [-0.15, -0.1) is 0 Å². The van der Waals surface area contributed by atoms with Crippen LogP contribution >= 0.6 is 11.6 Å². The maximum Gasteiger partial charge on any atom is 0.328 e. The Morgan fingerprint density at radius 2 is 2.00 bits per heavy atom. The van der Waals surface area contributed by atoms with Gasteiger partial charge in [-0.3, -0.25) is 4.79 Å². The van der Waals surface area contributed by atoms with Crippen molar-refractivity contribution in [3.63, 3.8) is 0 Å². The molecule has 1 aliphatic carbocycles. The van der Waals surface area contributed by atoms with Gasteiger partial charge in [0.25, 0.3) is 5.91 Å². The number of nitrogen functional groups attached to an aromatic ring is 1. The van der Waals surface area contributed by atoms with Gasteiger partial charge in [0.05, 0.1) is 12.7 Å². The SMILES string of the molecule is COC(=O)C(NC(=O)c1ccc(Cl)cc1N)C1CCCCC1. The van der Waals surface area contributed by atoms with E-state index in [9.17, 15) is 9.59 Å². The predicted octanol–water partition coefficient (Wildman–Crippen LogP) is 2.77. The number of methoxy groups -OCH3 is 1. The minimum atomic E-state index is -0.632. The average Bonchev–Trinajstić information content (AvgIpc) is 2.52. The molecule has 1 amide bonds. The van der Waals surface area contributed by atoms with E-state index in [1.165, 1.54) is 19.6 Å². The van der Waals surface area contributed by atoms with Crippen LogP contribution in [0.25, 0.3) is 0 Å². The summed E-state index contributed by atoms with van der Waals surface area (Å²) in [5, 5.41) is 3.24. The summed E-state index contributed by atoms with van der Waals surface area (Å²) in [6, 6.07) is 4.04. The molecule has 1 unspecified atom stereocenters. The van der Waals surface area contributed by atoms with Gasteiger partial charge in [0.15, 0.2) is 0 Å². The molecule has 0 aliphatic heterocycles. The third-order valence-corrected chi connectivity index (χ3v) is 4.36. The molecule has 1 saturated carbocycles. The number of rotatable bonds is 4. The summed E-state index contributed by atoms with van der Waals surface area (Å²) in [6.45, 7) is 0. The van der Waals surface area contributed by atoms with Gasteiger partial charge in [-0.1, -0.05) is 30.9 Å². The molecule has 5 nitrogen and oxygen atoms in total. The fraction of sp³-hybridized carbons (Fsp3) is 0.500. The molecule has 120 valence electrons. The highest BCUT2D eigenvalue weighted by Gasteiger charge is 2.32. The van der Waals surface area contributed by atoms with Crippen LogP contribution in [-0.4, -0.2) is 25.0 Å². The molecule has 2 rings (SSSR count). The van der Waals surface area contributed by atoms with Gasteiger partial charge in [-0.2, -0.15) is 0 Å². The molecular formula is C16H21ClN2O3. The fourth-order valence-electron chi connectivity index (χ4n) is 2.92. The van der Waals surface area contributed by atoms with Gasteiger partial charge < -0.3 is 15.8 Å². The van der Waals surface area contributed by atoms with E-state index >= 15 is 0 Å². The van der Waals surface area contributed by atoms with Crippen molar-refractivity contribution >= 4 is 29.2 Å². The smallest absolute Gasteiger partial charge is 0.328 e. The summed E-state index contributed by atoms with van der Waals surface area (Å²) in [6.07, 6.45) is 5.13. The number of esters is 1. The fourth-order valence-corrected chi connectivity index (χ4v) is 3.10. The van der Waals surface area contributed by atoms with Crippen LogP contribution < -0.4 is 11.1 Å². The number of amides is 1. The van der Waals surface area contributed by atoms with Crippen LogP contribution in [0.15, 0.2) is 18.2 Å². The molecule has 0 bridgehead atoms. The van der Waals surface area contributed by atoms with Gasteiger partial charge in [-0.05, 0) is 37.0 Å². The van der Waals surface area contributed by atoms with E-state index in [2.05, 4.69) is 5.32 Å². The average molecular weight is 325 g/mol. The van der Waals surface area contributed by atoms with E-state index in [4.69, 9.17) is 22.1 Å². The molecule has 0 saturated heterocycles. The summed E-state index contributed by atoms with van der Waals surface area (Å²) in [5.41, 5.74) is 6.43. The van der Waals surface area contributed by atoms with Crippen LogP contribution in [0.5, 0.6) is 0 Å². The first-order valence-corrected chi connectivity index (χ1v) is 7.84. The Labute approximate surface area is 135 Å². The van der Waals surface area contributed by atoms with Crippen molar-refractivity contribution in [2.45, 2.75) is 38.1 Å². The number of carbonyl (C=O) groups excluding carboxylic acids is 2. The Morgan fingerprint density at radius 1 is 1.32 bits per heavy atom. The molecule has 3 N–H and O–H groups in total. The van der Waals surface area contributed by atoms with Crippen LogP contribution in [0, 0.1) is 5.92 Å². The first-order valence-electron chi connectivity index (χ1n) is 7.46. The second-order valence-corrected chi connectivity index (χ2v) is 6.04. The highest BCUT2D eigenvalue weighted by Crippen LogP contribution is 2.27. The molecule has 0 radical (unpaired) electrons. The summed E-state index contributed by atoms with van der Waals surface area (Å²) in [4.78, 5) is 24.4. The van der Waals surface area contributed by atoms with Gasteiger partial charge in [0, 0.05) is 10.7 Å². The number of hydrogen-bond donors (Lipinski definition) is 2. The van der Waals surface area contributed by atoms with Crippen molar-refractivity contribution in [1.82, 2.24) is 5.32 Å². The van der Waals surface area contributed by atoms with Crippen LogP contribution in [0.1, 0.15) is 42.5 Å². The molecule has 6 heteroatoms. The zero-order valence-corrected chi connectivity index (χ0v) is 13.4. The number of anilines is 1. The Kier molecular flexibility index (Phi) is 5.66. The quantitative estimate of drug-likeness (QED) is 0.659. The highest BCUT2D eigenvalue weighted by molar-refractivity contribution is 6.31. The van der Waals surface area contributed by atoms with Crippen molar-refractivity contribution in [2.24, 2.45) is 5.92 Å². The largest absolute Gasteiger partial charge is 0.467 e. The topological polar surface area (TPSA) is 81.4 Å². The molecule has 0 heterocycles. The van der Waals surface area contributed by atoms with Crippen molar-refractivity contribution in [1.29, 1.82) is 0 Å². The van der Waals surface area contributed by atoms with Gasteiger partial charge in [-0.25, -0.2) is 4.79 Å². The number of carbonyl (C=O) groups is 2. The molecule has 1 fully saturated rings. The first kappa shape index (κ1) is 16.6. The summed E-state index contributed by atoms with van der Waals surface area (Å²) >= 11 is 5.84. The molecular weight excluding hydrogens is 304 g/mol. The summed E-state index contributed by atoms with van der Waals surface area (Å²) < 4.78 is 4.85. The van der Waals surface area contributed by atoms with Crippen molar-refractivity contribution < 1.29 is 14.3 Å². The molecule has 1 aromatic carbocycles. The van der Waals surface area contributed by atoms with Crippen LogP contribution in [0.3, 0.4) is 0 Å². The van der Waals surface area contributed by atoms with Crippen LogP contribution in [0.2, 0.25) is 5.02 Å². The standard InChI is InChI=1S/C16H21ClN2O3/c1-22-16(21)14(10-5-3-2-4-6-10)19-15(20)12-8-7-11(17)9-13(12)18/h7-10,14H,2-6,18H2,1H3,(H,19,20). The summed E-state index contributed by atoms with van der Waals surface area (Å²) in [7, 11) is 1.33. The van der Waals surface area contributed by atoms with Crippen LogP contribution in [-0.2, 0) is 9.53 Å². The number of halogens is 1. The minimum absolute atomic E-state index is 0.110. The van der Waals surface area contributed by atoms with Gasteiger partial charge in [0.1, 0.15) is 6.04 Å². The first-order chi connectivity index (χ1) is 10.5. The Balaban J connectivity index is 2.15. The lowest BCUT2D eigenvalue weighted by atomic mass is 9.83. The lowest BCUT2D eigenvalue weighted by Gasteiger charge is -2.29. The van der Waals surface area contributed by atoms with E-state index in [0.29, 0.717) is 10.6 Å². The maximum absolute atomic E-state index is 12.4. The molecule has 22 heavy (non-hydrogen) atoms. The molecule has 1 aliphatic rings. The number of nitrogens with two attached hydrogens (primary N) is 1. The normalized spacial score (nSPS) is 16.8. The van der Waals surface area contributed by atoms with Crippen LogP contribution in [0.4, 0.5) is 5.69 Å². The third-order valence-electron chi connectivity index (χ3n) is 4.12. The zero-order valence-electron chi connectivity index (χ0n) is 12.6. The van der Waals surface area contributed by atoms with E-state index in [1.54, 1.807) is 12.1 Å². The van der Waals surface area contributed by atoms with Crippen molar-refractivity contribution in [3.05, 3.63) is 28.8 Å². The minimum Gasteiger partial charge on any atom is -0.467 e. The Hall–Kier alpha value is -1.75.